The summed E-state index contributed by atoms with van der Waals surface area (Å²) >= 11 is 0. The fourth-order valence-electron chi connectivity index (χ4n) is 4.69. The lowest BCUT2D eigenvalue weighted by Gasteiger charge is -2.33. The van der Waals surface area contributed by atoms with Crippen molar-refractivity contribution in [2.75, 3.05) is 24.2 Å². The van der Waals surface area contributed by atoms with Crippen LogP contribution in [0.4, 0.5) is 11.8 Å². The lowest BCUT2D eigenvalue weighted by atomic mass is 10.00. The average Bonchev–Trinajstić information content (AvgIpc) is 3.61. The summed E-state index contributed by atoms with van der Waals surface area (Å²) in [5.41, 5.74) is 7.81. The zero-order valence-corrected chi connectivity index (χ0v) is 18.3. The third kappa shape index (κ3) is 3.60. The number of fused-ring (bicyclic) bond motifs is 2. The molecule has 4 aromatic heterocycles. The zero-order chi connectivity index (χ0) is 22.4. The van der Waals surface area contributed by atoms with Crippen LogP contribution in [0.3, 0.4) is 0 Å². The zero-order valence-electron chi connectivity index (χ0n) is 18.3. The minimum absolute atomic E-state index is 0.134. The van der Waals surface area contributed by atoms with Gasteiger partial charge in [-0.2, -0.15) is 9.50 Å². The molecule has 0 spiro atoms. The number of nitrogens with two attached hydrogens (primary N) is 1. The highest BCUT2D eigenvalue weighted by Gasteiger charge is 2.30. The quantitative estimate of drug-likeness (QED) is 0.410. The molecule has 2 unspecified atom stereocenters. The van der Waals surface area contributed by atoms with Crippen molar-refractivity contribution in [3.05, 3.63) is 60.6 Å². The molecule has 0 amide bonds. The molecule has 0 bridgehead atoms. The standard InChI is InChI=1S/C24H25N7O2/c1-30(21-14-22-27-23(20-9-5-11-32-20)29-31(22)24(25)28-21)18(17-7-4-10-26-17)13-16-12-15-6-2-3-8-19(15)33-16/h2-3,5-6,8-9,11-12,14,17-18,26H,4,7,10,13H2,1H3,(H2,25,28). The van der Waals surface area contributed by atoms with Crippen LogP contribution in [0.1, 0.15) is 18.6 Å². The largest absolute Gasteiger partial charge is 0.461 e. The van der Waals surface area contributed by atoms with Gasteiger partial charge in [-0.25, -0.2) is 4.98 Å². The van der Waals surface area contributed by atoms with E-state index in [0.29, 0.717) is 23.3 Å². The summed E-state index contributed by atoms with van der Waals surface area (Å²) in [5, 5.41) is 9.21. The fraction of sp³-hybridized carbons (Fsp3) is 0.292. The van der Waals surface area contributed by atoms with Crippen LogP contribution in [0.25, 0.3) is 28.2 Å². The SMILES string of the molecule is CN(c1cc2nc(-c3ccco3)nn2c(N)n1)C(Cc1cc2ccccc2o1)C1CCCN1. The molecule has 1 aliphatic rings. The van der Waals surface area contributed by atoms with Gasteiger partial charge in [0.25, 0.3) is 0 Å². The molecule has 9 nitrogen and oxygen atoms in total. The number of nitrogens with zero attached hydrogens (tertiary/aromatic N) is 5. The van der Waals surface area contributed by atoms with E-state index in [9.17, 15) is 0 Å². The van der Waals surface area contributed by atoms with Crippen LogP contribution in [-0.4, -0.2) is 45.3 Å². The van der Waals surface area contributed by atoms with E-state index in [0.717, 1.165) is 48.4 Å². The molecular weight excluding hydrogens is 418 g/mol. The monoisotopic (exact) mass is 443 g/mol. The Morgan fingerprint density at radius 2 is 2.12 bits per heavy atom. The number of para-hydroxylation sites is 1. The molecule has 9 heteroatoms. The van der Waals surface area contributed by atoms with Gasteiger partial charge in [0.2, 0.25) is 11.8 Å². The number of benzene rings is 1. The van der Waals surface area contributed by atoms with Crippen molar-refractivity contribution in [2.45, 2.75) is 31.3 Å². The fourth-order valence-corrected chi connectivity index (χ4v) is 4.69. The molecule has 3 N–H and O–H groups in total. The molecule has 168 valence electrons. The minimum atomic E-state index is 0.134. The van der Waals surface area contributed by atoms with Gasteiger partial charge in [0.05, 0.1) is 12.3 Å². The van der Waals surface area contributed by atoms with Gasteiger partial charge in [-0.05, 0) is 43.7 Å². The molecule has 0 aliphatic carbocycles. The maximum absolute atomic E-state index is 6.28. The first-order chi connectivity index (χ1) is 16.2. The molecule has 0 radical (unpaired) electrons. The van der Waals surface area contributed by atoms with E-state index in [1.807, 2.05) is 30.3 Å². The van der Waals surface area contributed by atoms with Gasteiger partial charge in [0, 0.05) is 31.0 Å². The molecule has 0 saturated carbocycles. The van der Waals surface area contributed by atoms with Gasteiger partial charge in [-0.1, -0.05) is 18.2 Å². The summed E-state index contributed by atoms with van der Waals surface area (Å²) in [4.78, 5) is 11.4. The Bertz CT molecular complexity index is 1370. The van der Waals surface area contributed by atoms with E-state index in [1.165, 1.54) is 4.52 Å². The van der Waals surface area contributed by atoms with Crippen LogP contribution in [0, 0.1) is 0 Å². The Morgan fingerprint density at radius 1 is 1.21 bits per heavy atom. The van der Waals surface area contributed by atoms with Crippen LogP contribution >= 0.6 is 0 Å². The van der Waals surface area contributed by atoms with E-state index in [4.69, 9.17) is 14.6 Å². The highest BCUT2D eigenvalue weighted by Crippen LogP contribution is 2.27. The van der Waals surface area contributed by atoms with Crippen molar-refractivity contribution in [2.24, 2.45) is 0 Å². The van der Waals surface area contributed by atoms with Crippen LogP contribution in [0.2, 0.25) is 0 Å². The average molecular weight is 444 g/mol. The first kappa shape index (κ1) is 19.8. The van der Waals surface area contributed by atoms with E-state index in [1.54, 1.807) is 12.3 Å². The molecule has 1 saturated heterocycles. The van der Waals surface area contributed by atoms with E-state index in [-0.39, 0.29) is 12.0 Å². The maximum Gasteiger partial charge on any atom is 0.225 e. The topological polar surface area (TPSA) is 111 Å². The van der Waals surface area contributed by atoms with Gasteiger partial charge < -0.3 is 24.8 Å². The van der Waals surface area contributed by atoms with Gasteiger partial charge in [-0.15, -0.1) is 5.10 Å². The minimum Gasteiger partial charge on any atom is -0.461 e. The van der Waals surface area contributed by atoms with Crippen molar-refractivity contribution >= 4 is 28.4 Å². The number of nitrogen functional groups attached to an aromatic ring is 1. The van der Waals surface area contributed by atoms with E-state index in [2.05, 4.69) is 44.5 Å². The van der Waals surface area contributed by atoms with Crippen molar-refractivity contribution in [1.82, 2.24) is 24.9 Å². The van der Waals surface area contributed by atoms with Crippen molar-refractivity contribution in [3.8, 4) is 11.6 Å². The Hall–Kier alpha value is -3.85. The molecule has 2 atom stereocenters. The van der Waals surface area contributed by atoms with Crippen molar-refractivity contribution < 1.29 is 8.83 Å². The second-order valence-corrected chi connectivity index (χ2v) is 8.49. The summed E-state index contributed by atoms with van der Waals surface area (Å²) in [7, 11) is 2.05. The molecule has 33 heavy (non-hydrogen) atoms. The third-order valence-electron chi connectivity index (χ3n) is 6.39. The Balaban J connectivity index is 1.35. The highest BCUT2D eigenvalue weighted by atomic mass is 16.3. The van der Waals surface area contributed by atoms with Crippen LogP contribution in [0.15, 0.2) is 63.6 Å². The van der Waals surface area contributed by atoms with Crippen LogP contribution < -0.4 is 16.0 Å². The smallest absolute Gasteiger partial charge is 0.225 e. The lowest BCUT2D eigenvalue weighted by Crippen LogP contribution is -2.47. The summed E-state index contributed by atoms with van der Waals surface area (Å²) in [6.45, 7) is 1.01. The Labute approximate surface area is 190 Å². The number of nitrogens with one attached hydrogen (secondary N) is 1. The van der Waals surface area contributed by atoms with Crippen molar-refractivity contribution in [3.63, 3.8) is 0 Å². The van der Waals surface area contributed by atoms with Crippen LogP contribution in [-0.2, 0) is 6.42 Å². The summed E-state index contributed by atoms with van der Waals surface area (Å²) < 4.78 is 13.1. The normalized spacial score (nSPS) is 17.2. The van der Waals surface area contributed by atoms with Gasteiger partial charge in [-0.3, -0.25) is 0 Å². The number of rotatable bonds is 6. The molecule has 5 heterocycles. The summed E-state index contributed by atoms with van der Waals surface area (Å²) in [5.74, 6) is 3.05. The molecule has 1 aromatic carbocycles. The first-order valence-electron chi connectivity index (χ1n) is 11.2. The van der Waals surface area contributed by atoms with Gasteiger partial charge in [0.15, 0.2) is 11.4 Å². The number of anilines is 2. The third-order valence-corrected chi connectivity index (χ3v) is 6.39. The second kappa shape index (κ2) is 7.93. The molecule has 6 rings (SSSR count). The molecular formula is C24H25N7O2. The number of furan rings is 2. The number of hydrogen-bond acceptors (Lipinski definition) is 8. The van der Waals surface area contributed by atoms with Gasteiger partial charge >= 0.3 is 0 Å². The number of hydrogen-bond donors (Lipinski definition) is 2. The first-order valence-corrected chi connectivity index (χ1v) is 11.2. The lowest BCUT2D eigenvalue weighted by molar-refractivity contribution is 0.427. The summed E-state index contributed by atoms with van der Waals surface area (Å²) in [6.07, 6.45) is 4.60. The predicted octanol–water partition coefficient (Wildman–Crippen LogP) is 3.51. The van der Waals surface area contributed by atoms with Crippen molar-refractivity contribution in [1.29, 1.82) is 0 Å². The number of aromatic nitrogens is 4. The Morgan fingerprint density at radius 3 is 2.91 bits per heavy atom. The summed E-state index contributed by atoms with van der Waals surface area (Å²) in [6, 6.07) is 16.2. The second-order valence-electron chi connectivity index (χ2n) is 8.49. The van der Waals surface area contributed by atoms with Crippen LogP contribution in [0.5, 0.6) is 0 Å². The number of likely N-dealkylation sites (N-methyl/N-ethyl adjacent to an activating group) is 1. The van der Waals surface area contributed by atoms with Gasteiger partial charge in [0.1, 0.15) is 17.2 Å². The maximum atomic E-state index is 6.28. The predicted molar refractivity (Wildman–Crippen MR) is 126 cm³/mol. The molecule has 5 aromatic rings. The molecule has 1 fully saturated rings. The van der Waals surface area contributed by atoms with E-state index >= 15 is 0 Å². The molecule has 1 aliphatic heterocycles. The highest BCUT2D eigenvalue weighted by molar-refractivity contribution is 5.77. The van der Waals surface area contributed by atoms with E-state index < -0.39 is 0 Å². The Kier molecular flexibility index (Phi) is 4.76.